The molecule has 0 saturated heterocycles. The predicted octanol–water partition coefficient (Wildman–Crippen LogP) is 6.50. The van der Waals surface area contributed by atoms with Crippen LogP contribution in [0.15, 0.2) is 42.6 Å². The van der Waals surface area contributed by atoms with Gasteiger partial charge in [0.15, 0.2) is 0 Å². The van der Waals surface area contributed by atoms with Gasteiger partial charge in [0.05, 0.1) is 11.4 Å². The average Bonchev–Trinajstić information content (AvgIpc) is 3.14. The van der Waals surface area contributed by atoms with Crippen molar-refractivity contribution >= 4 is 22.7 Å². The summed E-state index contributed by atoms with van der Waals surface area (Å²) in [7, 11) is 0. The Kier molecular flexibility index (Phi) is 6.02. The Labute approximate surface area is 161 Å². The topological polar surface area (TPSA) is 42.0 Å². The summed E-state index contributed by atoms with van der Waals surface area (Å²) < 4.78 is 0. The number of amides is 1. The quantitative estimate of drug-likeness (QED) is 0.669. The molecule has 0 unspecified atom stereocenters. The summed E-state index contributed by atoms with van der Waals surface area (Å²) in [6.07, 6.45) is 6.69. The van der Waals surface area contributed by atoms with Gasteiger partial charge in [0.1, 0.15) is 0 Å². The molecule has 1 aromatic carbocycles. The molecular formula is C22H28N2OS. The maximum absolute atomic E-state index is 12.4. The van der Waals surface area contributed by atoms with E-state index in [9.17, 15) is 4.79 Å². The first-order valence-corrected chi connectivity index (χ1v) is 10.4. The van der Waals surface area contributed by atoms with Gasteiger partial charge in [0, 0.05) is 17.9 Å². The molecule has 1 saturated carbocycles. The molecule has 1 amide bonds. The van der Waals surface area contributed by atoms with Crippen LogP contribution >= 0.6 is 11.8 Å². The van der Waals surface area contributed by atoms with Gasteiger partial charge in [-0.15, -0.1) is 0 Å². The van der Waals surface area contributed by atoms with Crippen LogP contribution in [0, 0.1) is 0 Å². The van der Waals surface area contributed by atoms with Crippen LogP contribution in [-0.4, -0.2) is 10.2 Å². The Hall–Kier alpha value is -1.81. The summed E-state index contributed by atoms with van der Waals surface area (Å²) in [5.74, 6) is 1.16. The van der Waals surface area contributed by atoms with Crippen molar-refractivity contribution in [3.8, 4) is 0 Å². The summed E-state index contributed by atoms with van der Waals surface area (Å²) >= 11 is 1.31. The minimum Gasteiger partial charge on any atom is -0.315 e. The highest BCUT2D eigenvalue weighted by Crippen LogP contribution is 2.36. The molecule has 0 aliphatic heterocycles. The molecule has 138 valence electrons. The van der Waals surface area contributed by atoms with Crippen LogP contribution in [0.4, 0.5) is 10.5 Å². The number of rotatable bonds is 4. The van der Waals surface area contributed by atoms with E-state index in [-0.39, 0.29) is 10.7 Å². The second kappa shape index (κ2) is 8.26. The number of carbonyl (C=O) groups is 1. The molecule has 1 heterocycles. The number of anilines is 1. The third-order valence-electron chi connectivity index (χ3n) is 5.01. The zero-order chi connectivity index (χ0) is 18.6. The van der Waals surface area contributed by atoms with Gasteiger partial charge in [-0.25, -0.2) is 0 Å². The zero-order valence-electron chi connectivity index (χ0n) is 15.9. The smallest absolute Gasteiger partial charge is 0.283 e. The van der Waals surface area contributed by atoms with Gasteiger partial charge < -0.3 is 5.32 Å². The summed E-state index contributed by atoms with van der Waals surface area (Å²) in [6, 6.07) is 12.4. The molecule has 1 aromatic heterocycles. The van der Waals surface area contributed by atoms with Crippen LogP contribution in [-0.2, 0) is 11.2 Å². The van der Waals surface area contributed by atoms with Crippen molar-refractivity contribution in [2.24, 2.45) is 0 Å². The molecule has 2 aromatic rings. The van der Waals surface area contributed by atoms with E-state index >= 15 is 0 Å². The highest BCUT2D eigenvalue weighted by molar-refractivity contribution is 8.13. The molecule has 4 heteroatoms. The summed E-state index contributed by atoms with van der Waals surface area (Å²) in [6.45, 7) is 6.63. The van der Waals surface area contributed by atoms with Crippen molar-refractivity contribution in [1.82, 2.24) is 4.98 Å². The first kappa shape index (κ1) is 19.0. The normalized spacial score (nSPS) is 15.2. The number of nitrogens with one attached hydrogen (secondary N) is 1. The van der Waals surface area contributed by atoms with E-state index in [1.54, 1.807) is 0 Å². The number of benzene rings is 1. The number of aromatic nitrogens is 1. The van der Waals surface area contributed by atoms with Crippen LogP contribution in [0.5, 0.6) is 0 Å². The molecule has 1 aliphatic rings. The van der Waals surface area contributed by atoms with E-state index in [2.05, 4.69) is 55.3 Å². The molecule has 1 aliphatic carbocycles. The Morgan fingerprint density at radius 3 is 2.50 bits per heavy atom. The molecular weight excluding hydrogens is 340 g/mol. The van der Waals surface area contributed by atoms with Gasteiger partial charge in [-0.05, 0) is 41.5 Å². The fourth-order valence-electron chi connectivity index (χ4n) is 3.44. The molecule has 0 atom stereocenters. The van der Waals surface area contributed by atoms with E-state index in [0.29, 0.717) is 11.7 Å². The number of hydrogen-bond donors (Lipinski definition) is 1. The molecule has 0 spiro atoms. The third kappa shape index (κ3) is 4.88. The van der Waals surface area contributed by atoms with Gasteiger partial charge in [-0.1, -0.05) is 69.6 Å². The minimum absolute atomic E-state index is 0.0165. The van der Waals surface area contributed by atoms with Crippen LogP contribution in [0.2, 0.25) is 0 Å². The van der Waals surface area contributed by atoms with Gasteiger partial charge in [0.25, 0.3) is 5.24 Å². The molecule has 26 heavy (non-hydrogen) atoms. The van der Waals surface area contributed by atoms with E-state index < -0.39 is 0 Å². The van der Waals surface area contributed by atoms with Crippen molar-refractivity contribution in [2.45, 2.75) is 63.5 Å². The highest BCUT2D eigenvalue weighted by Gasteiger charge is 2.22. The van der Waals surface area contributed by atoms with E-state index in [0.717, 1.165) is 11.4 Å². The first-order chi connectivity index (χ1) is 12.4. The number of hydrogen-bond acceptors (Lipinski definition) is 3. The Morgan fingerprint density at radius 2 is 1.85 bits per heavy atom. The maximum atomic E-state index is 12.4. The molecule has 3 rings (SSSR count). The van der Waals surface area contributed by atoms with Crippen LogP contribution in [0.25, 0.3) is 0 Å². The predicted molar refractivity (Wildman–Crippen MR) is 111 cm³/mol. The van der Waals surface area contributed by atoms with Crippen LogP contribution in [0.3, 0.4) is 0 Å². The van der Waals surface area contributed by atoms with E-state index in [4.69, 9.17) is 0 Å². The lowest BCUT2D eigenvalue weighted by Gasteiger charge is -2.19. The monoisotopic (exact) mass is 368 g/mol. The van der Waals surface area contributed by atoms with Crippen molar-refractivity contribution in [3.05, 3.63) is 59.4 Å². The fraction of sp³-hybridized carbons (Fsp3) is 0.455. The van der Waals surface area contributed by atoms with Crippen LogP contribution in [0.1, 0.15) is 69.2 Å². The van der Waals surface area contributed by atoms with Gasteiger partial charge in [0.2, 0.25) is 0 Å². The lowest BCUT2D eigenvalue weighted by atomic mass is 9.87. The standard InChI is InChI=1S/C22H28N2OS/c1-22(2,3)18-12-10-16(11-13-18)15-26-21(25)24-19-9-6-14-23-20(19)17-7-4-5-8-17/h6,9-14,17H,4-5,7-8,15H2,1-3H3,(H,24,25). The second-order valence-corrected chi connectivity index (χ2v) is 9.01. The van der Waals surface area contributed by atoms with E-state index in [1.807, 2.05) is 18.3 Å². The van der Waals surface area contributed by atoms with Crippen molar-refractivity contribution in [3.63, 3.8) is 0 Å². The summed E-state index contributed by atoms with van der Waals surface area (Å²) in [5, 5.41) is 3.04. The third-order valence-corrected chi connectivity index (χ3v) is 5.85. The Bertz CT molecular complexity index is 743. The molecule has 0 radical (unpaired) electrons. The molecule has 1 fully saturated rings. The van der Waals surface area contributed by atoms with Gasteiger partial charge in [-0.3, -0.25) is 9.78 Å². The Morgan fingerprint density at radius 1 is 1.15 bits per heavy atom. The maximum Gasteiger partial charge on any atom is 0.283 e. The fourth-order valence-corrected chi connectivity index (χ4v) is 4.12. The number of pyridine rings is 1. The molecule has 1 N–H and O–H groups in total. The van der Waals surface area contributed by atoms with E-state index in [1.165, 1.54) is 48.6 Å². The first-order valence-electron chi connectivity index (χ1n) is 9.41. The lowest BCUT2D eigenvalue weighted by molar-refractivity contribution is 0.269. The molecule has 0 bridgehead atoms. The van der Waals surface area contributed by atoms with Crippen molar-refractivity contribution in [1.29, 1.82) is 0 Å². The average molecular weight is 369 g/mol. The van der Waals surface area contributed by atoms with Gasteiger partial charge in [-0.2, -0.15) is 0 Å². The van der Waals surface area contributed by atoms with Crippen molar-refractivity contribution in [2.75, 3.05) is 5.32 Å². The Balaban J connectivity index is 1.58. The number of nitrogens with zero attached hydrogens (tertiary/aromatic N) is 1. The minimum atomic E-state index is -0.0165. The number of thioether (sulfide) groups is 1. The van der Waals surface area contributed by atoms with Crippen molar-refractivity contribution < 1.29 is 4.79 Å². The van der Waals surface area contributed by atoms with Gasteiger partial charge >= 0.3 is 0 Å². The summed E-state index contributed by atoms with van der Waals surface area (Å²) in [4.78, 5) is 16.9. The number of carbonyl (C=O) groups excluding carboxylic acids is 1. The largest absolute Gasteiger partial charge is 0.315 e. The summed E-state index contributed by atoms with van der Waals surface area (Å²) in [5.41, 5.74) is 4.56. The van der Waals surface area contributed by atoms with Crippen LogP contribution < -0.4 is 5.32 Å². The molecule has 3 nitrogen and oxygen atoms in total. The SMILES string of the molecule is CC(C)(C)c1ccc(CSC(=O)Nc2cccnc2C2CCCC2)cc1. The highest BCUT2D eigenvalue weighted by atomic mass is 32.2. The second-order valence-electron chi connectivity index (χ2n) is 8.07. The zero-order valence-corrected chi connectivity index (χ0v) is 16.7. The lowest BCUT2D eigenvalue weighted by Crippen LogP contribution is -2.11.